The Labute approximate surface area is 111 Å². The zero-order valence-electron chi connectivity index (χ0n) is 10.9. The van der Waals surface area contributed by atoms with Gasteiger partial charge >= 0.3 is 0 Å². The van der Waals surface area contributed by atoms with Crippen LogP contribution in [0, 0.1) is 6.92 Å². The highest BCUT2D eigenvalue weighted by molar-refractivity contribution is 7.11. The van der Waals surface area contributed by atoms with E-state index in [1.165, 1.54) is 9.75 Å². The highest BCUT2D eigenvalue weighted by Gasteiger charge is 2.06. The molecule has 0 aliphatic heterocycles. The van der Waals surface area contributed by atoms with Gasteiger partial charge in [-0.05, 0) is 32.0 Å². The molecule has 2 aromatic heterocycles. The first-order valence-electron chi connectivity index (χ1n) is 6.00. The Balaban J connectivity index is 1.96. The molecule has 1 atom stereocenters. The van der Waals surface area contributed by atoms with Gasteiger partial charge in [0.1, 0.15) is 5.82 Å². The normalized spacial score (nSPS) is 12.2. The molecule has 5 heteroatoms. The molecule has 2 N–H and O–H groups in total. The van der Waals surface area contributed by atoms with E-state index in [-0.39, 0.29) is 0 Å². The van der Waals surface area contributed by atoms with E-state index >= 15 is 0 Å². The van der Waals surface area contributed by atoms with E-state index in [4.69, 9.17) is 0 Å². The van der Waals surface area contributed by atoms with Crippen LogP contribution in [-0.2, 0) is 6.42 Å². The fourth-order valence-corrected chi connectivity index (χ4v) is 2.78. The smallest absolute Gasteiger partial charge is 0.224 e. The lowest BCUT2D eigenvalue weighted by Gasteiger charge is -2.13. The summed E-state index contributed by atoms with van der Waals surface area (Å²) < 4.78 is 0. The van der Waals surface area contributed by atoms with E-state index in [9.17, 15) is 0 Å². The van der Waals surface area contributed by atoms with Gasteiger partial charge in [0.05, 0.1) is 0 Å². The predicted octanol–water partition coefficient (Wildman–Crippen LogP) is 2.93. The van der Waals surface area contributed by atoms with Gasteiger partial charge in [0.15, 0.2) is 0 Å². The van der Waals surface area contributed by atoms with Crippen molar-refractivity contribution >= 4 is 23.1 Å². The van der Waals surface area contributed by atoms with E-state index in [0.29, 0.717) is 12.0 Å². The molecule has 0 spiro atoms. The topological polar surface area (TPSA) is 49.8 Å². The number of hydrogen-bond donors (Lipinski definition) is 2. The number of aryl methyl sites for hydroxylation is 1. The van der Waals surface area contributed by atoms with Crippen LogP contribution in [-0.4, -0.2) is 23.1 Å². The van der Waals surface area contributed by atoms with Crippen molar-refractivity contribution in [2.24, 2.45) is 0 Å². The van der Waals surface area contributed by atoms with Crippen molar-refractivity contribution in [3.63, 3.8) is 0 Å². The molecule has 0 saturated heterocycles. The summed E-state index contributed by atoms with van der Waals surface area (Å²) in [5, 5.41) is 6.32. The average Bonchev–Trinajstić information content (AvgIpc) is 2.74. The molecule has 2 heterocycles. The van der Waals surface area contributed by atoms with E-state index in [1.807, 2.05) is 24.5 Å². The van der Waals surface area contributed by atoms with Crippen molar-refractivity contribution in [1.29, 1.82) is 0 Å². The lowest BCUT2D eigenvalue weighted by Crippen LogP contribution is -2.18. The minimum absolute atomic E-state index is 0.350. The predicted molar refractivity (Wildman–Crippen MR) is 77.4 cm³/mol. The first-order valence-corrected chi connectivity index (χ1v) is 6.81. The molecule has 0 bridgehead atoms. The summed E-state index contributed by atoms with van der Waals surface area (Å²) >= 11 is 1.85. The Bertz CT molecular complexity index is 509. The second-order valence-corrected chi connectivity index (χ2v) is 5.65. The van der Waals surface area contributed by atoms with Crippen LogP contribution in [0.4, 0.5) is 11.8 Å². The highest BCUT2D eigenvalue weighted by Crippen LogP contribution is 2.18. The van der Waals surface area contributed by atoms with Gasteiger partial charge in [-0.1, -0.05) is 0 Å². The molecule has 0 aromatic carbocycles. The molecule has 4 nitrogen and oxygen atoms in total. The Kier molecular flexibility index (Phi) is 4.15. The van der Waals surface area contributed by atoms with Gasteiger partial charge in [-0.15, -0.1) is 11.3 Å². The molecule has 0 amide bonds. The summed E-state index contributed by atoms with van der Waals surface area (Å²) in [6, 6.07) is 6.59. The van der Waals surface area contributed by atoms with E-state index in [1.54, 1.807) is 6.20 Å². The summed E-state index contributed by atoms with van der Waals surface area (Å²) in [7, 11) is 1.82. The Morgan fingerprint density at radius 2 is 2.17 bits per heavy atom. The largest absolute Gasteiger partial charge is 0.367 e. The third-order valence-corrected chi connectivity index (χ3v) is 3.60. The number of thiophene rings is 1. The Morgan fingerprint density at radius 3 is 2.83 bits per heavy atom. The first kappa shape index (κ1) is 12.8. The monoisotopic (exact) mass is 262 g/mol. The van der Waals surface area contributed by atoms with Crippen molar-refractivity contribution in [2.45, 2.75) is 26.3 Å². The minimum atomic E-state index is 0.350. The molecule has 0 saturated carbocycles. The fourth-order valence-electron chi connectivity index (χ4n) is 1.76. The minimum Gasteiger partial charge on any atom is -0.367 e. The molecule has 2 aromatic rings. The fraction of sp³-hybridized carbons (Fsp3) is 0.385. The number of nitrogens with one attached hydrogen (secondary N) is 2. The van der Waals surface area contributed by atoms with Gasteiger partial charge in [-0.25, -0.2) is 4.98 Å². The van der Waals surface area contributed by atoms with Crippen molar-refractivity contribution in [3.05, 3.63) is 34.2 Å². The van der Waals surface area contributed by atoms with E-state index in [0.717, 1.165) is 12.2 Å². The maximum absolute atomic E-state index is 4.35. The van der Waals surface area contributed by atoms with E-state index < -0.39 is 0 Å². The van der Waals surface area contributed by atoms with Gasteiger partial charge in [0.25, 0.3) is 0 Å². The molecule has 2 rings (SSSR count). The first-order chi connectivity index (χ1) is 8.67. The molecule has 96 valence electrons. The number of nitrogens with zero attached hydrogens (tertiary/aromatic N) is 2. The molecular formula is C13H18N4S. The second kappa shape index (κ2) is 5.82. The zero-order valence-corrected chi connectivity index (χ0v) is 11.7. The van der Waals surface area contributed by atoms with Crippen LogP contribution in [0.5, 0.6) is 0 Å². The molecule has 0 aliphatic carbocycles. The summed E-state index contributed by atoms with van der Waals surface area (Å²) in [5.41, 5.74) is 0. The zero-order chi connectivity index (χ0) is 13.0. The molecule has 0 radical (unpaired) electrons. The maximum Gasteiger partial charge on any atom is 0.224 e. The van der Waals surface area contributed by atoms with Crippen molar-refractivity contribution in [3.8, 4) is 0 Å². The standard InChI is InChI=1S/C13H18N4S/c1-9(8-11-5-4-10(2)18-11)16-12-6-7-15-13(14-3)17-12/h4-7,9H,8H2,1-3H3,(H2,14,15,16,17). The maximum atomic E-state index is 4.35. The lowest BCUT2D eigenvalue weighted by atomic mass is 10.2. The quantitative estimate of drug-likeness (QED) is 0.870. The van der Waals surface area contributed by atoms with Gasteiger partial charge in [-0.3, -0.25) is 0 Å². The van der Waals surface area contributed by atoms with Gasteiger partial charge in [-0.2, -0.15) is 4.98 Å². The van der Waals surface area contributed by atoms with Crippen LogP contribution >= 0.6 is 11.3 Å². The highest BCUT2D eigenvalue weighted by atomic mass is 32.1. The second-order valence-electron chi connectivity index (χ2n) is 4.28. The number of aromatic nitrogens is 2. The molecular weight excluding hydrogens is 244 g/mol. The van der Waals surface area contributed by atoms with E-state index in [2.05, 4.69) is 46.6 Å². The van der Waals surface area contributed by atoms with Crippen LogP contribution in [0.15, 0.2) is 24.4 Å². The van der Waals surface area contributed by atoms with Crippen LogP contribution in [0.3, 0.4) is 0 Å². The van der Waals surface area contributed by atoms with Crippen molar-refractivity contribution in [2.75, 3.05) is 17.7 Å². The average molecular weight is 262 g/mol. The Hall–Kier alpha value is -1.62. The van der Waals surface area contributed by atoms with Gasteiger partial charge < -0.3 is 10.6 Å². The van der Waals surface area contributed by atoms with Gasteiger partial charge in [0, 0.05) is 35.5 Å². The number of anilines is 2. The Morgan fingerprint density at radius 1 is 1.33 bits per heavy atom. The summed E-state index contributed by atoms with van der Waals surface area (Å²) in [6.07, 6.45) is 2.76. The molecule has 1 unspecified atom stereocenters. The van der Waals surface area contributed by atoms with Crippen LogP contribution in [0.25, 0.3) is 0 Å². The van der Waals surface area contributed by atoms with Crippen molar-refractivity contribution in [1.82, 2.24) is 9.97 Å². The lowest BCUT2D eigenvalue weighted by molar-refractivity contribution is 0.793. The number of hydrogen-bond acceptors (Lipinski definition) is 5. The molecule has 18 heavy (non-hydrogen) atoms. The molecule has 0 fully saturated rings. The van der Waals surface area contributed by atoms with Crippen molar-refractivity contribution < 1.29 is 0 Å². The SMILES string of the molecule is CNc1nccc(NC(C)Cc2ccc(C)s2)n1. The van der Waals surface area contributed by atoms with Gasteiger partial charge in [0.2, 0.25) is 5.95 Å². The third-order valence-electron chi connectivity index (χ3n) is 2.58. The summed E-state index contributed by atoms with van der Waals surface area (Å²) in [6.45, 7) is 4.30. The third kappa shape index (κ3) is 3.43. The van der Waals surface area contributed by atoms with Crippen LogP contribution in [0.1, 0.15) is 16.7 Å². The van der Waals surface area contributed by atoms with Crippen LogP contribution < -0.4 is 10.6 Å². The van der Waals surface area contributed by atoms with Crippen LogP contribution in [0.2, 0.25) is 0 Å². The summed E-state index contributed by atoms with van der Waals surface area (Å²) in [5.74, 6) is 1.49. The number of rotatable bonds is 5. The molecule has 0 aliphatic rings. The summed E-state index contributed by atoms with van der Waals surface area (Å²) in [4.78, 5) is 11.2.